The molecule has 0 fully saturated rings. The van der Waals surface area contributed by atoms with E-state index in [0.717, 1.165) is 6.07 Å². The summed E-state index contributed by atoms with van der Waals surface area (Å²) in [7, 11) is 0. The summed E-state index contributed by atoms with van der Waals surface area (Å²) in [6.45, 7) is 0.673. The van der Waals surface area contributed by atoms with Crippen LogP contribution < -0.4 is 10.9 Å². The lowest BCUT2D eigenvalue weighted by atomic mass is 10.2. The molecule has 0 aliphatic carbocycles. The highest BCUT2D eigenvalue weighted by Gasteiger charge is 2.33. The van der Waals surface area contributed by atoms with Crippen molar-refractivity contribution in [2.75, 3.05) is 11.9 Å². The second kappa shape index (κ2) is 6.22. The maximum atomic E-state index is 12.7. The van der Waals surface area contributed by atoms with Crippen LogP contribution in [0.15, 0.2) is 47.4 Å². The number of nitrogens with zero attached hydrogens (tertiary/aromatic N) is 1. The molecule has 2 aromatic rings. The number of aromatic nitrogens is 1. The molecule has 112 valence electrons. The van der Waals surface area contributed by atoms with Crippen molar-refractivity contribution in [3.05, 3.63) is 63.5 Å². The van der Waals surface area contributed by atoms with Gasteiger partial charge in [0.15, 0.2) is 0 Å². The first-order chi connectivity index (χ1) is 9.88. The first-order valence-electron chi connectivity index (χ1n) is 6.14. The standard InChI is InChI=1S/C14H12ClF3N2O/c15-12-5-4-10(9-11(12)14(16,17)18)19-6-8-20-7-2-1-3-13(20)21/h1-5,7,9,19H,6,8H2. The minimum Gasteiger partial charge on any atom is -0.383 e. The Bertz CT molecular complexity index is 682. The molecule has 1 aromatic heterocycles. The van der Waals surface area contributed by atoms with Crippen LogP contribution in [0, 0.1) is 0 Å². The molecule has 0 saturated carbocycles. The lowest BCUT2D eigenvalue weighted by Crippen LogP contribution is -2.22. The van der Waals surface area contributed by atoms with Gasteiger partial charge in [0.05, 0.1) is 10.6 Å². The molecule has 0 unspecified atom stereocenters. The van der Waals surface area contributed by atoms with E-state index in [1.807, 2.05) is 0 Å². The number of hydrogen-bond acceptors (Lipinski definition) is 2. The van der Waals surface area contributed by atoms with Crippen LogP contribution in [0.25, 0.3) is 0 Å². The van der Waals surface area contributed by atoms with Crippen molar-refractivity contribution in [3.8, 4) is 0 Å². The predicted molar refractivity (Wildman–Crippen MR) is 75.6 cm³/mol. The third kappa shape index (κ3) is 4.01. The van der Waals surface area contributed by atoms with Gasteiger partial charge in [0.1, 0.15) is 0 Å². The molecule has 0 aliphatic heterocycles. The van der Waals surface area contributed by atoms with Crippen molar-refractivity contribution in [1.82, 2.24) is 4.57 Å². The highest BCUT2D eigenvalue weighted by molar-refractivity contribution is 6.31. The van der Waals surface area contributed by atoms with Gasteiger partial charge in [-0.3, -0.25) is 4.79 Å². The van der Waals surface area contributed by atoms with Gasteiger partial charge >= 0.3 is 6.18 Å². The van der Waals surface area contributed by atoms with Gasteiger partial charge in [-0.25, -0.2) is 0 Å². The molecule has 0 saturated heterocycles. The first kappa shape index (κ1) is 15.4. The highest BCUT2D eigenvalue weighted by atomic mass is 35.5. The smallest absolute Gasteiger partial charge is 0.383 e. The van der Waals surface area contributed by atoms with Gasteiger partial charge in [0.25, 0.3) is 5.56 Å². The number of anilines is 1. The summed E-state index contributed by atoms with van der Waals surface area (Å²) >= 11 is 5.54. The Morgan fingerprint density at radius 3 is 2.62 bits per heavy atom. The summed E-state index contributed by atoms with van der Waals surface area (Å²) in [5.74, 6) is 0. The molecule has 0 amide bonds. The van der Waals surface area contributed by atoms with Crippen molar-refractivity contribution < 1.29 is 13.2 Å². The Morgan fingerprint density at radius 2 is 1.95 bits per heavy atom. The molecule has 21 heavy (non-hydrogen) atoms. The molecule has 0 aliphatic rings. The zero-order chi connectivity index (χ0) is 15.5. The van der Waals surface area contributed by atoms with E-state index in [2.05, 4.69) is 5.32 Å². The molecular formula is C14H12ClF3N2O. The summed E-state index contributed by atoms with van der Waals surface area (Å²) in [5.41, 5.74) is -0.742. The van der Waals surface area contributed by atoms with E-state index in [0.29, 0.717) is 18.8 Å². The van der Waals surface area contributed by atoms with Gasteiger partial charge in [0, 0.05) is 31.0 Å². The van der Waals surface area contributed by atoms with E-state index in [9.17, 15) is 18.0 Å². The number of halogens is 4. The van der Waals surface area contributed by atoms with E-state index >= 15 is 0 Å². The molecule has 0 radical (unpaired) electrons. The summed E-state index contributed by atoms with van der Waals surface area (Å²) in [6.07, 6.45) is -2.88. The average Bonchev–Trinajstić information content (AvgIpc) is 2.41. The van der Waals surface area contributed by atoms with Gasteiger partial charge < -0.3 is 9.88 Å². The molecule has 1 N–H and O–H groups in total. The lowest BCUT2D eigenvalue weighted by Gasteiger charge is -2.12. The fourth-order valence-corrected chi connectivity index (χ4v) is 2.04. The predicted octanol–water partition coefficient (Wildman–Crippen LogP) is 3.63. The number of alkyl halides is 3. The fourth-order valence-electron chi connectivity index (χ4n) is 1.82. The van der Waals surface area contributed by atoms with Gasteiger partial charge in [-0.1, -0.05) is 17.7 Å². The summed E-state index contributed by atoms with van der Waals surface area (Å²) in [6, 6.07) is 8.37. The normalized spacial score (nSPS) is 11.4. The SMILES string of the molecule is O=c1ccccn1CCNc1ccc(Cl)c(C(F)(F)F)c1. The molecule has 1 aromatic carbocycles. The zero-order valence-electron chi connectivity index (χ0n) is 10.8. The van der Waals surface area contributed by atoms with Gasteiger partial charge in [-0.05, 0) is 24.3 Å². The van der Waals surface area contributed by atoms with Crippen LogP contribution in [0.2, 0.25) is 5.02 Å². The number of rotatable bonds is 4. The number of nitrogens with one attached hydrogen (secondary N) is 1. The fraction of sp³-hybridized carbons (Fsp3) is 0.214. The Kier molecular flexibility index (Phi) is 4.57. The van der Waals surface area contributed by atoms with Crippen LogP contribution in [-0.4, -0.2) is 11.1 Å². The lowest BCUT2D eigenvalue weighted by molar-refractivity contribution is -0.137. The quantitative estimate of drug-likeness (QED) is 0.934. The van der Waals surface area contributed by atoms with E-state index in [4.69, 9.17) is 11.6 Å². The van der Waals surface area contributed by atoms with E-state index in [1.54, 1.807) is 18.3 Å². The molecule has 0 atom stereocenters. The van der Waals surface area contributed by atoms with Gasteiger partial charge in [-0.15, -0.1) is 0 Å². The Morgan fingerprint density at radius 1 is 1.19 bits per heavy atom. The summed E-state index contributed by atoms with van der Waals surface area (Å²) in [4.78, 5) is 11.5. The Balaban J connectivity index is 2.04. The van der Waals surface area contributed by atoms with E-state index in [1.165, 1.54) is 22.8 Å². The van der Waals surface area contributed by atoms with Crippen LogP contribution >= 0.6 is 11.6 Å². The third-order valence-corrected chi connectivity index (χ3v) is 3.18. The molecule has 2 rings (SSSR count). The number of hydrogen-bond donors (Lipinski definition) is 1. The molecule has 0 spiro atoms. The third-order valence-electron chi connectivity index (χ3n) is 2.85. The maximum absolute atomic E-state index is 12.7. The van der Waals surface area contributed by atoms with E-state index in [-0.39, 0.29) is 10.6 Å². The second-order valence-corrected chi connectivity index (χ2v) is 4.76. The molecule has 3 nitrogen and oxygen atoms in total. The van der Waals surface area contributed by atoms with Crippen molar-refractivity contribution in [2.45, 2.75) is 12.7 Å². The minimum atomic E-state index is -4.49. The zero-order valence-corrected chi connectivity index (χ0v) is 11.6. The second-order valence-electron chi connectivity index (χ2n) is 4.35. The topological polar surface area (TPSA) is 34.0 Å². The number of benzene rings is 1. The monoisotopic (exact) mass is 316 g/mol. The highest BCUT2D eigenvalue weighted by Crippen LogP contribution is 2.36. The first-order valence-corrected chi connectivity index (χ1v) is 6.52. The Labute approximate surface area is 124 Å². The molecule has 1 heterocycles. The van der Waals surface area contributed by atoms with Crippen molar-refractivity contribution >= 4 is 17.3 Å². The van der Waals surface area contributed by atoms with Crippen LogP contribution in [0.1, 0.15) is 5.56 Å². The van der Waals surface area contributed by atoms with E-state index < -0.39 is 11.7 Å². The molecule has 0 bridgehead atoms. The summed E-state index contributed by atoms with van der Waals surface area (Å²) in [5, 5.41) is 2.50. The van der Waals surface area contributed by atoms with Crippen LogP contribution in [0.4, 0.5) is 18.9 Å². The van der Waals surface area contributed by atoms with Gasteiger partial charge in [0.2, 0.25) is 0 Å². The molecule has 7 heteroatoms. The van der Waals surface area contributed by atoms with Gasteiger partial charge in [-0.2, -0.15) is 13.2 Å². The Hall–Kier alpha value is -1.95. The minimum absolute atomic E-state index is 0.161. The maximum Gasteiger partial charge on any atom is 0.417 e. The average molecular weight is 317 g/mol. The van der Waals surface area contributed by atoms with Crippen LogP contribution in [-0.2, 0) is 12.7 Å². The molecular weight excluding hydrogens is 305 g/mol. The number of pyridine rings is 1. The van der Waals surface area contributed by atoms with Crippen LogP contribution in [0.3, 0.4) is 0 Å². The summed E-state index contributed by atoms with van der Waals surface area (Å²) < 4.78 is 39.6. The largest absolute Gasteiger partial charge is 0.417 e. The van der Waals surface area contributed by atoms with Crippen molar-refractivity contribution in [3.63, 3.8) is 0 Å². The van der Waals surface area contributed by atoms with Crippen molar-refractivity contribution in [2.24, 2.45) is 0 Å². The van der Waals surface area contributed by atoms with Crippen molar-refractivity contribution in [1.29, 1.82) is 0 Å². The van der Waals surface area contributed by atoms with Crippen LogP contribution in [0.5, 0.6) is 0 Å².